The predicted molar refractivity (Wildman–Crippen MR) is 89.4 cm³/mol. The fourth-order valence-electron chi connectivity index (χ4n) is 1.81. The van der Waals surface area contributed by atoms with Crippen LogP contribution in [0.15, 0.2) is 29.2 Å². The zero-order valence-electron chi connectivity index (χ0n) is 13.0. The van der Waals surface area contributed by atoms with E-state index in [2.05, 4.69) is 10.0 Å². The van der Waals surface area contributed by atoms with E-state index in [0.29, 0.717) is 12.8 Å². The van der Waals surface area contributed by atoms with Crippen LogP contribution in [-0.4, -0.2) is 27.4 Å². The first-order valence-corrected chi connectivity index (χ1v) is 8.33. The first-order valence-electron chi connectivity index (χ1n) is 6.84. The van der Waals surface area contributed by atoms with Gasteiger partial charge in [0.25, 0.3) is 0 Å². The lowest BCUT2D eigenvalue weighted by Gasteiger charge is -2.15. The lowest BCUT2D eigenvalue weighted by atomic mass is 10.1. The summed E-state index contributed by atoms with van der Waals surface area (Å²) in [6.07, 6.45) is 1.02. The molecule has 0 aliphatic rings. The van der Waals surface area contributed by atoms with Gasteiger partial charge in [0.2, 0.25) is 15.9 Å². The van der Waals surface area contributed by atoms with E-state index in [1.165, 1.54) is 19.2 Å². The average Bonchev–Trinajstić information content (AvgIpc) is 2.45. The van der Waals surface area contributed by atoms with E-state index in [4.69, 9.17) is 5.73 Å². The average molecular weight is 350 g/mol. The maximum Gasteiger partial charge on any atom is 0.240 e. The molecule has 0 aromatic heterocycles. The summed E-state index contributed by atoms with van der Waals surface area (Å²) in [6.45, 7) is 3.71. The maximum atomic E-state index is 11.7. The molecule has 126 valence electrons. The van der Waals surface area contributed by atoms with Gasteiger partial charge in [-0.25, -0.2) is 13.1 Å². The Bertz CT molecular complexity index is 574. The lowest BCUT2D eigenvalue weighted by Crippen LogP contribution is -2.28. The Balaban J connectivity index is 0.00000441. The molecule has 1 amide bonds. The summed E-state index contributed by atoms with van der Waals surface area (Å²) < 4.78 is 25.5. The molecule has 1 aromatic rings. The smallest absolute Gasteiger partial charge is 0.240 e. The van der Waals surface area contributed by atoms with Gasteiger partial charge in [0.05, 0.1) is 10.9 Å². The number of halogens is 1. The van der Waals surface area contributed by atoms with Crippen LogP contribution in [-0.2, 0) is 14.8 Å². The van der Waals surface area contributed by atoms with Gasteiger partial charge >= 0.3 is 0 Å². The van der Waals surface area contributed by atoms with Crippen LogP contribution in [0.4, 0.5) is 0 Å². The largest absolute Gasteiger partial charge is 0.350 e. The summed E-state index contributed by atoms with van der Waals surface area (Å²) in [5.41, 5.74) is 6.46. The Labute approximate surface area is 138 Å². The summed E-state index contributed by atoms with van der Waals surface area (Å²) in [6, 6.07) is 6.24. The number of nitrogens with one attached hydrogen (secondary N) is 2. The number of carbonyl (C=O) groups is 1. The minimum atomic E-state index is -3.43. The molecule has 0 radical (unpaired) electrons. The third-order valence-electron chi connectivity index (χ3n) is 3.16. The first-order chi connectivity index (χ1) is 9.76. The Morgan fingerprint density at radius 2 is 1.77 bits per heavy atom. The molecular weight excluding hydrogens is 326 g/mol. The molecule has 6 nitrogen and oxygen atoms in total. The predicted octanol–water partition coefficient (Wildman–Crippen LogP) is 1.32. The van der Waals surface area contributed by atoms with Crippen molar-refractivity contribution in [2.24, 2.45) is 5.73 Å². The minimum absolute atomic E-state index is 0. The monoisotopic (exact) mass is 349 g/mol. The molecular formula is C14H24ClN3O3S. The normalized spacial score (nSPS) is 13.8. The van der Waals surface area contributed by atoms with Crippen LogP contribution in [0.25, 0.3) is 0 Å². The molecule has 0 saturated heterocycles. The van der Waals surface area contributed by atoms with Gasteiger partial charge in [-0.15, -0.1) is 12.4 Å². The highest BCUT2D eigenvalue weighted by molar-refractivity contribution is 7.89. The second-order valence-electron chi connectivity index (χ2n) is 5.08. The molecule has 0 spiro atoms. The van der Waals surface area contributed by atoms with Crippen molar-refractivity contribution in [3.63, 3.8) is 0 Å². The Kier molecular flexibility index (Phi) is 8.62. The van der Waals surface area contributed by atoms with Gasteiger partial charge < -0.3 is 11.1 Å². The number of hydrogen-bond acceptors (Lipinski definition) is 4. The minimum Gasteiger partial charge on any atom is -0.350 e. The molecule has 4 N–H and O–H groups in total. The topological polar surface area (TPSA) is 101 Å². The van der Waals surface area contributed by atoms with Gasteiger partial charge in [-0.2, -0.15) is 0 Å². The lowest BCUT2D eigenvalue weighted by molar-refractivity contribution is -0.121. The standard InChI is InChI=1S/C14H23N3O3S.ClH/c1-10(15)4-9-14(18)17-11(2)12-5-7-13(8-6-12)21(19,20)16-3;/h5-8,10-11,16H,4,9,15H2,1-3H3,(H,17,18);1H. The Hall–Kier alpha value is -1.15. The van der Waals surface area contributed by atoms with Gasteiger partial charge in [-0.05, 0) is 45.0 Å². The van der Waals surface area contributed by atoms with Gasteiger partial charge in [-0.3, -0.25) is 4.79 Å². The second kappa shape index (κ2) is 9.09. The van der Waals surface area contributed by atoms with Crippen molar-refractivity contribution in [1.82, 2.24) is 10.0 Å². The molecule has 22 heavy (non-hydrogen) atoms. The van der Waals surface area contributed by atoms with Crippen molar-refractivity contribution in [3.05, 3.63) is 29.8 Å². The number of benzene rings is 1. The van der Waals surface area contributed by atoms with Gasteiger partial charge in [-0.1, -0.05) is 12.1 Å². The summed E-state index contributed by atoms with van der Waals surface area (Å²) >= 11 is 0. The fourth-order valence-corrected chi connectivity index (χ4v) is 2.54. The molecule has 0 fully saturated rings. The van der Waals surface area contributed by atoms with Crippen LogP contribution in [0.5, 0.6) is 0 Å². The molecule has 8 heteroatoms. The number of nitrogens with two attached hydrogens (primary N) is 1. The number of carbonyl (C=O) groups excluding carboxylic acids is 1. The quantitative estimate of drug-likeness (QED) is 0.691. The Morgan fingerprint density at radius 1 is 1.23 bits per heavy atom. The van der Waals surface area contributed by atoms with E-state index in [1.54, 1.807) is 12.1 Å². The van der Waals surface area contributed by atoms with Crippen molar-refractivity contribution in [3.8, 4) is 0 Å². The summed E-state index contributed by atoms with van der Waals surface area (Å²) in [5.74, 6) is -0.0632. The van der Waals surface area contributed by atoms with Crippen molar-refractivity contribution in [2.75, 3.05) is 7.05 Å². The SMILES string of the molecule is CNS(=O)(=O)c1ccc(C(C)NC(=O)CCC(C)N)cc1.Cl. The highest BCUT2D eigenvalue weighted by Crippen LogP contribution is 2.16. The molecule has 0 aliphatic carbocycles. The maximum absolute atomic E-state index is 11.7. The fraction of sp³-hybridized carbons (Fsp3) is 0.500. The summed E-state index contributed by atoms with van der Waals surface area (Å²) in [7, 11) is -2.07. The zero-order valence-corrected chi connectivity index (χ0v) is 14.6. The van der Waals surface area contributed by atoms with E-state index in [1.807, 2.05) is 13.8 Å². The molecule has 2 unspecified atom stereocenters. The molecule has 2 atom stereocenters. The van der Waals surface area contributed by atoms with Crippen LogP contribution in [0.3, 0.4) is 0 Å². The third kappa shape index (κ3) is 6.31. The molecule has 1 aromatic carbocycles. The van der Waals surface area contributed by atoms with Crippen molar-refractivity contribution in [2.45, 2.75) is 43.7 Å². The van der Waals surface area contributed by atoms with Gasteiger partial charge in [0.1, 0.15) is 0 Å². The molecule has 1 rings (SSSR count). The van der Waals surface area contributed by atoms with Crippen molar-refractivity contribution >= 4 is 28.3 Å². The molecule has 0 heterocycles. The van der Waals surface area contributed by atoms with Crippen LogP contribution in [0.1, 0.15) is 38.3 Å². The second-order valence-corrected chi connectivity index (χ2v) is 6.97. The van der Waals surface area contributed by atoms with E-state index in [-0.39, 0.29) is 35.3 Å². The third-order valence-corrected chi connectivity index (χ3v) is 4.59. The van der Waals surface area contributed by atoms with Crippen LogP contribution < -0.4 is 15.8 Å². The van der Waals surface area contributed by atoms with Gasteiger partial charge in [0.15, 0.2) is 0 Å². The number of hydrogen-bond donors (Lipinski definition) is 3. The number of amides is 1. The van der Waals surface area contributed by atoms with Gasteiger partial charge in [0, 0.05) is 12.5 Å². The number of rotatable bonds is 7. The molecule has 0 bridgehead atoms. The molecule has 0 aliphatic heterocycles. The van der Waals surface area contributed by atoms with E-state index in [9.17, 15) is 13.2 Å². The van der Waals surface area contributed by atoms with Crippen molar-refractivity contribution in [1.29, 1.82) is 0 Å². The van der Waals surface area contributed by atoms with E-state index in [0.717, 1.165) is 5.56 Å². The Morgan fingerprint density at radius 3 is 2.23 bits per heavy atom. The first kappa shape index (κ1) is 20.9. The summed E-state index contributed by atoms with van der Waals surface area (Å²) in [4.78, 5) is 11.9. The summed E-state index contributed by atoms with van der Waals surface area (Å²) in [5, 5.41) is 2.86. The van der Waals surface area contributed by atoms with E-state index < -0.39 is 10.0 Å². The highest BCUT2D eigenvalue weighted by atomic mass is 35.5. The van der Waals surface area contributed by atoms with Crippen LogP contribution in [0.2, 0.25) is 0 Å². The van der Waals surface area contributed by atoms with Crippen LogP contribution in [0, 0.1) is 0 Å². The molecule has 0 saturated carbocycles. The van der Waals surface area contributed by atoms with Crippen LogP contribution >= 0.6 is 12.4 Å². The zero-order chi connectivity index (χ0) is 16.0. The van der Waals surface area contributed by atoms with E-state index >= 15 is 0 Å². The van der Waals surface area contributed by atoms with Crippen molar-refractivity contribution < 1.29 is 13.2 Å². The highest BCUT2D eigenvalue weighted by Gasteiger charge is 2.13. The number of sulfonamides is 1.